The lowest BCUT2D eigenvalue weighted by Gasteiger charge is -2.25. The third kappa shape index (κ3) is 3.72. The van der Waals surface area contributed by atoms with Gasteiger partial charge in [-0.15, -0.1) is 0 Å². The predicted molar refractivity (Wildman–Crippen MR) is 81.0 cm³/mol. The Balaban J connectivity index is 2.22. The van der Waals surface area contributed by atoms with Crippen LogP contribution in [0.2, 0.25) is 0 Å². The average Bonchev–Trinajstić information content (AvgIpc) is 2.86. The van der Waals surface area contributed by atoms with Crippen molar-refractivity contribution in [2.75, 3.05) is 7.05 Å². The average molecular weight is 348 g/mol. The van der Waals surface area contributed by atoms with Gasteiger partial charge in [-0.25, -0.2) is 0 Å². The second-order valence-corrected chi connectivity index (χ2v) is 5.57. The Morgan fingerprint density at radius 1 is 1.48 bits per heavy atom. The minimum absolute atomic E-state index is 0.247. The normalized spacial score (nSPS) is 12.1. The molecule has 6 heteroatoms. The van der Waals surface area contributed by atoms with Gasteiger partial charge in [-0.1, -0.05) is 28.1 Å². The Kier molecular flexibility index (Phi) is 4.78. The molecule has 0 saturated carbocycles. The third-order valence-electron chi connectivity index (χ3n) is 3.05. The summed E-state index contributed by atoms with van der Waals surface area (Å²) in [5.41, 5.74) is 6.32. The highest BCUT2D eigenvalue weighted by Crippen LogP contribution is 2.24. The number of nitrogens with two attached hydrogens (primary N) is 1. The van der Waals surface area contributed by atoms with E-state index in [0.717, 1.165) is 10.0 Å². The zero-order chi connectivity index (χ0) is 15.4. The Morgan fingerprint density at radius 3 is 2.81 bits per heavy atom. The van der Waals surface area contributed by atoms with Crippen molar-refractivity contribution in [3.05, 3.63) is 58.0 Å². The zero-order valence-electron chi connectivity index (χ0n) is 11.4. The van der Waals surface area contributed by atoms with Crippen LogP contribution in [0.3, 0.4) is 0 Å². The monoisotopic (exact) mass is 347 g/mol. The first-order chi connectivity index (χ1) is 10.0. The Bertz CT molecular complexity index is 690. The molecule has 21 heavy (non-hydrogen) atoms. The van der Waals surface area contributed by atoms with Crippen LogP contribution >= 0.6 is 15.9 Å². The quantitative estimate of drug-likeness (QED) is 0.900. The van der Waals surface area contributed by atoms with Crippen LogP contribution in [0.5, 0.6) is 0 Å². The predicted octanol–water partition coefficient (Wildman–Crippen LogP) is 2.57. The van der Waals surface area contributed by atoms with E-state index in [4.69, 9.17) is 15.4 Å². The van der Waals surface area contributed by atoms with Gasteiger partial charge in [0.25, 0.3) is 0 Å². The summed E-state index contributed by atoms with van der Waals surface area (Å²) in [6.45, 7) is 0.377. The highest BCUT2D eigenvalue weighted by atomic mass is 79.9. The number of primary amides is 1. The van der Waals surface area contributed by atoms with Crippen molar-refractivity contribution >= 4 is 21.8 Å². The maximum absolute atomic E-state index is 11.8. The van der Waals surface area contributed by atoms with Crippen molar-refractivity contribution < 1.29 is 9.21 Å². The molecule has 1 aromatic carbocycles. The zero-order valence-corrected chi connectivity index (χ0v) is 13.0. The number of hydrogen-bond acceptors (Lipinski definition) is 4. The standard InChI is InChI=1S/C15H14BrN3O2/c1-19(9-13-6-5-12(8-17)21-13)14(15(18)20)10-3-2-4-11(16)7-10/h2-7,14H,9H2,1H3,(H2,18,20). The summed E-state index contributed by atoms with van der Waals surface area (Å²) in [6.07, 6.45) is 0. The van der Waals surface area contributed by atoms with Gasteiger partial charge < -0.3 is 10.2 Å². The van der Waals surface area contributed by atoms with Crippen molar-refractivity contribution in [3.8, 4) is 6.07 Å². The maximum atomic E-state index is 11.8. The molecule has 5 nitrogen and oxygen atoms in total. The van der Waals surface area contributed by atoms with Crippen LogP contribution < -0.4 is 5.73 Å². The van der Waals surface area contributed by atoms with Crippen molar-refractivity contribution in [3.63, 3.8) is 0 Å². The first-order valence-electron chi connectivity index (χ1n) is 6.25. The summed E-state index contributed by atoms with van der Waals surface area (Å²) >= 11 is 3.38. The smallest absolute Gasteiger partial charge is 0.239 e. The summed E-state index contributed by atoms with van der Waals surface area (Å²) in [7, 11) is 1.78. The lowest BCUT2D eigenvalue weighted by molar-refractivity contribution is -0.123. The van der Waals surface area contributed by atoms with Crippen molar-refractivity contribution in [2.45, 2.75) is 12.6 Å². The van der Waals surface area contributed by atoms with E-state index in [9.17, 15) is 4.79 Å². The molecule has 1 amide bonds. The lowest BCUT2D eigenvalue weighted by Crippen LogP contribution is -2.34. The first kappa shape index (κ1) is 15.3. The van der Waals surface area contributed by atoms with Gasteiger partial charge in [0.05, 0.1) is 6.54 Å². The van der Waals surface area contributed by atoms with E-state index in [-0.39, 0.29) is 5.76 Å². The number of nitrogens with zero attached hydrogens (tertiary/aromatic N) is 2. The molecule has 0 aliphatic rings. The number of carbonyl (C=O) groups excluding carboxylic acids is 1. The molecule has 2 rings (SSSR count). The van der Waals surface area contributed by atoms with Crippen molar-refractivity contribution in [2.24, 2.45) is 5.73 Å². The molecule has 2 N–H and O–H groups in total. The largest absolute Gasteiger partial charge is 0.449 e. The van der Waals surface area contributed by atoms with Crippen LogP contribution in [0.1, 0.15) is 23.1 Å². The number of furan rings is 1. The molecular weight excluding hydrogens is 334 g/mol. The number of nitriles is 1. The van der Waals surface area contributed by atoms with Gasteiger partial charge in [0.1, 0.15) is 17.9 Å². The van der Waals surface area contributed by atoms with Gasteiger partial charge in [0.2, 0.25) is 11.7 Å². The summed E-state index contributed by atoms with van der Waals surface area (Å²) in [4.78, 5) is 13.6. The van der Waals surface area contributed by atoms with E-state index in [1.165, 1.54) is 0 Å². The molecule has 1 heterocycles. The van der Waals surface area contributed by atoms with Gasteiger partial charge >= 0.3 is 0 Å². The van der Waals surface area contributed by atoms with Gasteiger partial charge in [0, 0.05) is 4.47 Å². The van der Waals surface area contributed by atoms with E-state index < -0.39 is 11.9 Å². The molecule has 0 aliphatic carbocycles. The van der Waals surface area contributed by atoms with Crippen LogP contribution in [-0.4, -0.2) is 17.9 Å². The topological polar surface area (TPSA) is 83.3 Å². The minimum atomic E-state index is -0.571. The summed E-state index contributed by atoms with van der Waals surface area (Å²) < 4.78 is 6.21. The van der Waals surface area contributed by atoms with Crippen LogP contribution in [0.4, 0.5) is 0 Å². The number of likely N-dealkylation sites (N-methyl/N-ethyl adjacent to an activating group) is 1. The van der Waals surface area contributed by atoms with E-state index in [1.54, 1.807) is 24.1 Å². The van der Waals surface area contributed by atoms with E-state index in [0.29, 0.717) is 12.3 Å². The number of hydrogen-bond donors (Lipinski definition) is 1. The molecule has 2 aromatic rings. The molecule has 1 atom stereocenters. The molecule has 0 aliphatic heterocycles. The van der Waals surface area contributed by atoms with Crippen LogP contribution in [-0.2, 0) is 11.3 Å². The fourth-order valence-corrected chi connectivity index (χ4v) is 2.59. The second kappa shape index (κ2) is 6.57. The number of carbonyl (C=O) groups is 1. The van der Waals surface area contributed by atoms with E-state index in [1.807, 2.05) is 30.3 Å². The summed E-state index contributed by atoms with van der Waals surface area (Å²) in [5, 5.41) is 8.75. The molecular formula is C15H14BrN3O2. The maximum Gasteiger partial charge on any atom is 0.239 e. The van der Waals surface area contributed by atoms with Crippen molar-refractivity contribution in [1.82, 2.24) is 4.90 Å². The molecule has 0 bridgehead atoms. The Labute approximate surface area is 131 Å². The SMILES string of the molecule is CN(Cc1ccc(C#N)o1)C(C(N)=O)c1cccc(Br)c1. The van der Waals surface area contributed by atoms with Crippen LogP contribution in [0, 0.1) is 11.3 Å². The summed E-state index contributed by atoms with van der Waals surface area (Å²) in [5.74, 6) is 0.412. The molecule has 0 spiro atoms. The second-order valence-electron chi connectivity index (χ2n) is 4.65. The summed E-state index contributed by atoms with van der Waals surface area (Å²) in [6, 6.07) is 12.1. The third-order valence-corrected chi connectivity index (χ3v) is 3.55. The van der Waals surface area contributed by atoms with Gasteiger partial charge in [-0.3, -0.25) is 9.69 Å². The van der Waals surface area contributed by atoms with E-state index in [2.05, 4.69) is 15.9 Å². The molecule has 0 fully saturated rings. The molecule has 0 saturated heterocycles. The van der Waals surface area contributed by atoms with Gasteiger partial charge in [-0.05, 0) is 36.9 Å². The van der Waals surface area contributed by atoms with Gasteiger partial charge in [-0.2, -0.15) is 5.26 Å². The van der Waals surface area contributed by atoms with Gasteiger partial charge in [0.15, 0.2) is 0 Å². The number of halogens is 1. The molecule has 1 aromatic heterocycles. The van der Waals surface area contributed by atoms with E-state index >= 15 is 0 Å². The minimum Gasteiger partial charge on any atom is -0.449 e. The highest BCUT2D eigenvalue weighted by molar-refractivity contribution is 9.10. The Morgan fingerprint density at radius 2 is 2.24 bits per heavy atom. The molecule has 0 radical (unpaired) electrons. The fraction of sp³-hybridized carbons (Fsp3) is 0.200. The first-order valence-corrected chi connectivity index (χ1v) is 7.04. The lowest BCUT2D eigenvalue weighted by atomic mass is 10.1. The molecule has 1 unspecified atom stereocenters. The Hall–Kier alpha value is -2.10. The number of benzene rings is 1. The fourth-order valence-electron chi connectivity index (χ4n) is 2.17. The van der Waals surface area contributed by atoms with Crippen LogP contribution in [0.15, 0.2) is 45.3 Å². The molecule has 108 valence electrons. The highest BCUT2D eigenvalue weighted by Gasteiger charge is 2.24. The number of amides is 1. The number of rotatable bonds is 5. The van der Waals surface area contributed by atoms with Crippen molar-refractivity contribution in [1.29, 1.82) is 5.26 Å². The van der Waals surface area contributed by atoms with Crippen LogP contribution in [0.25, 0.3) is 0 Å².